The van der Waals surface area contributed by atoms with E-state index in [2.05, 4.69) is 5.32 Å². The normalized spacial score (nSPS) is 9.07. The lowest BCUT2D eigenvalue weighted by atomic mass is 10.3. The van der Waals surface area contributed by atoms with E-state index in [9.17, 15) is 4.79 Å². The number of nitriles is 1. The summed E-state index contributed by atoms with van der Waals surface area (Å²) in [5.74, 6) is 5.42. The molecule has 2 amide bonds. The van der Waals surface area contributed by atoms with Crippen molar-refractivity contribution >= 4 is 11.7 Å². The van der Waals surface area contributed by atoms with Gasteiger partial charge in [-0.3, -0.25) is 5.01 Å². The van der Waals surface area contributed by atoms with Gasteiger partial charge in [-0.15, -0.1) is 0 Å². The molecule has 78 valence electrons. The highest BCUT2D eigenvalue weighted by Crippen LogP contribution is 2.05. The van der Waals surface area contributed by atoms with Crippen molar-refractivity contribution in [1.29, 1.82) is 5.26 Å². The Labute approximate surface area is 88.1 Å². The van der Waals surface area contributed by atoms with Gasteiger partial charge in [-0.1, -0.05) is 18.2 Å². The number of hydrazine groups is 1. The third-order valence-electron chi connectivity index (χ3n) is 1.75. The van der Waals surface area contributed by atoms with E-state index in [1.54, 1.807) is 12.1 Å². The topological polar surface area (TPSA) is 82.2 Å². The molecule has 1 aromatic carbocycles. The minimum absolute atomic E-state index is 0.217. The van der Waals surface area contributed by atoms with Crippen LogP contribution in [0.2, 0.25) is 0 Å². The van der Waals surface area contributed by atoms with Crippen LogP contribution in [0.5, 0.6) is 0 Å². The van der Waals surface area contributed by atoms with Gasteiger partial charge in [-0.05, 0) is 12.1 Å². The number of nitrogens with one attached hydrogen (secondary N) is 1. The molecule has 0 aromatic heterocycles. The zero-order valence-corrected chi connectivity index (χ0v) is 8.18. The summed E-state index contributed by atoms with van der Waals surface area (Å²) in [6.07, 6.45) is 0.221. The second kappa shape index (κ2) is 5.62. The van der Waals surface area contributed by atoms with Crippen LogP contribution in [-0.2, 0) is 0 Å². The zero-order valence-electron chi connectivity index (χ0n) is 8.18. The summed E-state index contributed by atoms with van der Waals surface area (Å²) in [6.45, 7) is 0.217. The Morgan fingerprint density at radius 2 is 2.13 bits per heavy atom. The van der Waals surface area contributed by atoms with E-state index in [1.165, 1.54) is 0 Å². The molecule has 0 bridgehead atoms. The maximum atomic E-state index is 11.4. The predicted octanol–water partition coefficient (Wildman–Crippen LogP) is 1.31. The molecule has 0 aliphatic heterocycles. The number of para-hydroxylation sites is 1. The monoisotopic (exact) mass is 204 g/mol. The van der Waals surface area contributed by atoms with E-state index in [1.807, 2.05) is 24.3 Å². The zero-order chi connectivity index (χ0) is 11.1. The van der Waals surface area contributed by atoms with Crippen LogP contribution in [0.15, 0.2) is 30.3 Å². The number of hydrogen-bond acceptors (Lipinski definition) is 3. The van der Waals surface area contributed by atoms with Crippen molar-refractivity contribution in [2.45, 2.75) is 6.42 Å². The minimum atomic E-state index is -0.420. The number of nitrogens with two attached hydrogens (primary N) is 1. The van der Waals surface area contributed by atoms with Crippen LogP contribution in [0.3, 0.4) is 0 Å². The van der Waals surface area contributed by atoms with Gasteiger partial charge in [0.05, 0.1) is 19.0 Å². The van der Waals surface area contributed by atoms with Gasteiger partial charge < -0.3 is 5.32 Å². The summed E-state index contributed by atoms with van der Waals surface area (Å²) >= 11 is 0. The molecule has 0 spiro atoms. The Balaban J connectivity index is 2.46. The molecule has 0 saturated carbocycles. The molecule has 0 fully saturated rings. The molecule has 0 aliphatic carbocycles. The Morgan fingerprint density at radius 3 is 2.73 bits per heavy atom. The van der Waals surface area contributed by atoms with Crippen LogP contribution >= 0.6 is 0 Å². The first-order chi connectivity index (χ1) is 7.24. The number of carbonyl (C=O) groups is 1. The highest BCUT2D eigenvalue weighted by molar-refractivity contribution is 5.88. The van der Waals surface area contributed by atoms with Gasteiger partial charge >= 0.3 is 6.03 Å². The smallest absolute Gasteiger partial charge is 0.307 e. The van der Waals surface area contributed by atoms with Gasteiger partial charge in [0.1, 0.15) is 0 Å². The quantitative estimate of drug-likeness (QED) is 0.442. The Bertz CT molecular complexity index is 357. The Hall–Kier alpha value is -2.06. The summed E-state index contributed by atoms with van der Waals surface area (Å²) in [5, 5.41) is 11.9. The van der Waals surface area contributed by atoms with Crippen molar-refractivity contribution in [3.63, 3.8) is 0 Å². The number of benzene rings is 1. The van der Waals surface area contributed by atoms with Crippen molar-refractivity contribution in [2.24, 2.45) is 5.84 Å². The van der Waals surface area contributed by atoms with Gasteiger partial charge in [-0.25, -0.2) is 10.6 Å². The van der Waals surface area contributed by atoms with Crippen LogP contribution in [0.4, 0.5) is 10.5 Å². The SMILES string of the molecule is N#CCCN(N)C(=O)Nc1ccccc1. The van der Waals surface area contributed by atoms with Gasteiger partial charge in [0, 0.05) is 5.69 Å². The number of hydrogen-bond donors (Lipinski definition) is 2. The van der Waals surface area contributed by atoms with Crippen LogP contribution < -0.4 is 11.2 Å². The minimum Gasteiger partial charge on any atom is -0.307 e. The van der Waals surface area contributed by atoms with E-state index in [-0.39, 0.29) is 13.0 Å². The van der Waals surface area contributed by atoms with Gasteiger partial charge in [0.15, 0.2) is 0 Å². The highest BCUT2D eigenvalue weighted by Gasteiger charge is 2.07. The fourth-order valence-corrected chi connectivity index (χ4v) is 0.989. The van der Waals surface area contributed by atoms with Gasteiger partial charge in [0.2, 0.25) is 0 Å². The number of carbonyl (C=O) groups excluding carboxylic acids is 1. The van der Waals surface area contributed by atoms with Crippen LogP contribution in [0, 0.1) is 11.3 Å². The van der Waals surface area contributed by atoms with Gasteiger partial charge in [0.25, 0.3) is 0 Å². The number of amides is 2. The van der Waals surface area contributed by atoms with E-state index >= 15 is 0 Å². The molecule has 15 heavy (non-hydrogen) atoms. The maximum absolute atomic E-state index is 11.4. The second-order valence-electron chi connectivity index (χ2n) is 2.90. The maximum Gasteiger partial charge on any atom is 0.336 e. The molecule has 0 radical (unpaired) electrons. The lowest BCUT2D eigenvalue weighted by molar-refractivity contribution is 0.214. The molecule has 1 rings (SSSR count). The van der Waals surface area contributed by atoms with E-state index in [4.69, 9.17) is 11.1 Å². The molecule has 5 heteroatoms. The lowest BCUT2D eigenvalue weighted by Gasteiger charge is -2.15. The fraction of sp³-hybridized carbons (Fsp3) is 0.200. The Kier molecular flexibility index (Phi) is 4.13. The molecule has 0 aliphatic rings. The first kappa shape index (κ1) is 11.0. The van der Waals surface area contributed by atoms with E-state index in [0.717, 1.165) is 5.01 Å². The fourth-order valence-electron chi connectivity index (χ4n) is 0.989. The third kappa shape index (κ3) is 3.67. The van der Waals surface area contributed by atoms with Crippen molar-refractivity contribution in [2.75, 3.05) is 11.9 Å². The summed E-state index contributed by atoms with van der Waals surface area (Å²) < 4.78 is 0. The molecule has 1 aromatic rings. The Morgan fingerprint density at radius 1 is 1.47 bits per heavy atom. The average Bonchev–Trinajstić information content (AvgIpc) is 2.27. The third-order valence-corrected chi connectivity index (χ3v) is 1.75. The summed E-state index contributed by atoms with van der Waals surface area (Å²) in [4.78, 5) is 11.4. The molecule has 0 atom stereocenters. The molecular weight excluding hydrogens is 192 g/mol. The van der Waals surface area contributed by atoms with E-state index in [0.29, 0.717) is 5.69 Å². The second-order valence-corrected chi connectivity index (χ2v) is 2.90. The van der Waals surface area contributed by atoms with Crippen molar-refractivity contribution in [3.05, 3.63) is 30.3 Å². The van der Waals surface area contributed by atoms with Crippen molar-refractivity contribution in [1.82, 2.24) is 5.01 Å². The highest BCUT2D eigenvalue weighted by atomic mass is 16.2. The van der Waals surface area contributed by atoms with E-state index < -0.39 is 6.03 Å². The molecule has 0 heterocycles. The lowest BCUT2D eigenvalue weighted by Crippen LogP contribution is -2.41. The first-order valence-corrected chi connectivity index (χ1v) is 4.49. The van der Waals surface area contributed by atoms with Crippen LogP contribution in [-0.4, -0.2) is 17.6 Å². The summed E-state index contributed by atoms with van der Waals surface area (Å²) in [5.41, 5.74) is 0.676. The average molecular weight is 204 g/mol. The number of rotatable bonds is 3. The van der Waals surface area contributed by atoms with Crippen molar-refractivity contribution in [3.8, 4) is 6.07 Å². The molecular formula is C10H12N4O. The van der Waals surface area contributed by atoms with Crippen LogP contribution in [0.25, 0.3) is 0 Å². The molecule has 5 nitrogen and oxygen atoms in total. The number of nitrogens with zero attached hydrogens (tertiary/aromatic N) is 2. The largest absolute Gasteiger partial charge is 0.336 e. The predicted molar refractivity (Wildman–Crippen MR) is 56.6 cm³/mol. The number of anilines is 1. The summed E-state index contributed by atoms with van der Waals surface area (Å²) in [7, 11) is 0. The summed E-state index contributed by atoms with van der Waals surface area (Å²) in [6, 6.07) is 10.5. The number of urea groups is 1. The van der Waals surface area contributed by atoms with Gasteiger partial charge in [-0.2, -0.15) is 5.26 Å². The van der Waals surface area contributed by atoms with Crippen LogP contribution in [0.1, 0.15) is 6.42 Å². The first-order valence-electron chi connectivity index (χ1n) is 4.49. The van der Waals surface area contributed by atoms with Crippen molar-refractivity contribution < 1.29 is 4.79 Å². The molecule has 0 unspecified atom stereocenters. The molecule has 0 saturated heterocycles. The standard InChI is InChI=1S/C10H12N4O/c11-7-4-8-14(12)10(15)13-9-5-2-1-3-6-9/h1-3,5-6H,4,8,12H2,(H,13,15). The molecule has 3 N–H and O–H groups in total.